The Bertz CT molecular complexity index is 473. The molecule has 1 amide bonds. The van der Waals surface area contributed by atoms with Crippen LogP contribution in [-0.4, -0.2) is 52.9 Å². The summed E-state index contributed by atoms with van der Waals surface area (Å²) in [5, 5.41) is 0. The van der Waals surface area contributed by atoms with Crippen LogP contribution in [0.5, 0.6) is 0 Å². The highest BCUT2D eigenvalue weighted by Crippen LogP contribution is 2.30. The molecule has 0 radical (unpaired) electrons. The largest absolute Gasteiger partial charge is 0.356 e. The number of likely N-dealkylation sites (N-methyl/N-ethyl adjacent to an activating group) is 1. The van der Waals surface area contributed by atoms with Crippen molar-refractivity contribution in [3.63, 3.8) is 0 Å². The van der Waals surface area contributed by atoms with Gasteiger partial charge in [0.1, 0.15) is 5.69 Å². The molecule has 104 valence electrons. The number of amides is 1. The van der Waals surface area contributed by atoms with Gasteiger partial charge in [-0.2, -0.15) is 0 Å². The van der Waals surface area contributed by atoms with Crippen LogP contribution >= 0.6 is 15.9 Å². The molecule has 2 atom stereocenters. The zero-order chi connectivity index (χ0) is 13.4. The van der Waals surface area contributed by atoms with E-state index in [2.05, 4.69) is 37.8 Å². The van der Waals surface area contributed by atoms with E-state index in [1.807, 2.05) is 12.3 Å². The quantitative estimate of drug-likeness (QED) is 0.907. The maximum Gasteiger partial charge on any atom is 0.270 e. The first-order valence-electron chi connectivity index (χ1n) is 7.02. The number of nitrogens with zero attached hydrogens (tertiary/aromatic N) is 2. The van der Waals surface area contributed by atoms with Crippen LogP contribution < -0.4 is 0 Å². The van der Waals surface area contributed by atoms with E-state index in [0.717, 1.165) is 30.4 Å². The molecule has 2 fully saturated rings. The van der Waals surface area contributed by atoms with E-state index in [-0.39, 0.29) is 5.91 Å². The molecular formula is C14H20BrN3O. The SMILES string of the molecule is CN1CCC[C@@H]1[C@@H]1CCCN1C(=O)c1cc(Br)c[nH]1. The molecule has 1 aromatic heterocycles. The van der Waals surface area contributed by atoms with Gasteiger partial charge in [0.15, 0.2) is 0 Å². The van der Waals surface area contributed by atoms with Gasteiger partial charge in [-0.05, 0) is 61.3 Å². The minimum absolute atomic E-state index is 0.147. The molecule has 0 aliphatic carbocycles. The second-order valence-corrected chi connectivity index (χ2v) is 6.55. The first kappa shape index (κ1) is 13.2. The summed E-state index contributed by atoms with van der Waals surface area (Å²) in [6.45, 7) is 2.06. The molecule has 0 aromatic carbocycles. The molecular weight excluding hydrogens is 306 g/mol. The first-order chi connectivity index (χ1) is 9.16. The number of H-pyrrole nitrogens is 1. The number of aromatic amines is 1. The van der Waals surface area contributed by atoms with Crippen LogP contribution in [0.3, 0.4) is 0 Å². The lowest BCUT2D eigenvalue weighted by Gasteiger charge is -2.33. The van der Waals surface area contributed by atoms with Gasteiger partial charge >= 0.3 is 0 Å². The smallest absolute Gasteiger partial charge is 0.270 e. The molecule has 1 aromatic rings. The number of hydrogen-bond donors (Lipinski definition) is 1. The van der Waals surface area contributed by atoms with Crippen LogP contribution in [-0.2, 0) is 0 Å². The number of rotatable bonds is 2. The van der Waals surface area contributed by atoms with Crippen LogP contribution in [0, 0.1) is 0 Å². The second-order valence-electron chi connectivity index (χ2n) is 5.63. The Labute approximate surface area is 122 Å². The van der Waals surface area contributed by atoms with Gasteiger partial charge in [-0.1, -0.05) is 0 Å². The van der Waals surface area contributed by atoms with Gasteiger partial charge in [0, 0.05) is 29.3 Å². The first-order valence-corrected chi connectivity index (χ1v) is 7.81. The fourth-order valence-electron chi connectivity index (χ4n) is 3.51. The highest BCUT2D eigenvalue weighted by Gasteiger charge is 2.38. The van der Waals surface area contributed by atoms with E-state index in [0.29, 0.717) is 17.8 Å². The zero-order valence-electron chi connectivity index (χ0n) is 11.2. The topological polar surface area (TPSA) is 39.3 Å². The summed E-state index contributed by atoms with van der Waals surface area (Å²) in [6, 6.07) is 2.81. The third-order valence-corrected chi connectivity index (χ3v) is 4.92. The number of carbonyl (C=O) groups is 1. The molecule has 0 unspecified atom stereocenters. The monoisotopic (exact) mass is 325 g/mol. The van der Waals surface area contributed by atoms with E-state index in [1.54, 1.807) is 0 Å². The van der Waals surface area contributed by atoms with Crippen molar-refractivity contribution in [3.8, 4) is 0 Å². The van der Waals surface area contributed by atoms with E-state index >= 15 is 0 Å². The number of halogens is 1. The lowest BCUT2D eigenvalue weighted by atomic mass is 10.0. The average Bonchev–Trinajstić information content (AvgIpc) is 3.07. The lowest BCUT2D eigenvalue weighted by molar-refractivity contribution is 0.0659. The summed E-state index contributed by atoms with van der Waals surface area (Å²) in [6.07, 6.45) is 6.57. The lowest BCUT2D eigenvalue weighted by Crippen LogP contribution is -2.47. The Kier molecular flexibility index (Phi) is 3.67. The van der Waals surface area contributed by atoms with Crippen LogP contribution in [0.15, 0.2) is 16.7 Å². The predicted octanol–water partition coefficient (Wildman–Crippen LogP) is 2.48. The third-order valence-electron chi connectivity index (χ3n) is 4.46. The highest BCUT2D eigenvalue weighted by molar-refractivity contribution is 9.10. The van der Waals surface area contributed by atoms with Crippen molar-refractivity contribution in [1.82, 2.24) is 14.8 Å². The van der Waals surface area contributed by atoms with Crippen molar-refractivity contribution >= 4 is 21.8 Å². The molecule has 2 saturated heterocycles. The molecule has 0 saturated carbocycles. The van der Waals surface area contributed by atoms with Crippen LogP contribution in [0.4, 0.5) is 0 Å². The van der Waals surface area contributed by atoms with Crippen molar-refractivity contribution in [1.29, 1.82) is 0 Å². The van der Waals surface area contributed by atoms with Crippen molar-refractivity contribution in [2.24, 2.45) is 0 Å². The summed E-state index contributed by atoms with van der Waals surface area (Å²) < 4.78 is 0.935. The standard InChI is InChI=1S/C14H20BrN3O/c1-17-6-2-4-12(17)13-5-3-7-18(13)14(19)11-8-10(15)9-16-11/h8-9,12-13,16H,2-7H2,1H3/t12-,13+/m1/s1. The Hall–Kier alpha value is -0.810. The number of carbonyl (C=O) groups excluding carboxylic acids is 1. The van der Waals surface area contributed by atoms with Crippen LogP contribution in [0.2, 0.25) is 0 Å². The normalized spacial score (nSPS) is 28.2. The zero-order valence-corrected chi connectivity index (χ0v) is 12.8. The fourth-order valence-corrected chi connectivity index (χ4v) is 3.86. The summed E-state index contributed by atoms with van der Waals surface area (Å²) in [4.78, 5) is 20.1. The number of nitrogens with one attached hydrogen (secondary N) is 1. The molecule has 2 aliphatic heterocycles. The van der Waals surface area contributed by atoms with E-state index in [4.69, 9.17) is 0 Å². The van der Waals surface area contributed by atoms with E-state index in [9.17, 15) is 4.79 Å². The van der Waals surface area contributed by atoms with Crippen LogP contribution in [0.25, 0.3) is 0 Å². The van der Waals surface area contributed by atoms with Crippen molar-refractivity contribution < 1.29 is 4.79 Å². The molecule has 4 nitrogen and oxygen atoms in total. The summed E-state index contributed by atoms with van der Waals surface area (Å²) in [5.41, 5.74) is 0.694. The molecule has 2 aliphatic rings. The molecule has 5 heteroatoms. The molecule has 1 N–H and O–H groups in total. The molecule has 3 heterocycles. The van der Waals surface area contributed by atoms with E-state index < -0.39 is 0 Å². The number of aromatic nitrogens is 1. The maximum absolute atomic E-state index is 12.6. The molecule has 0 bridgehead atoms. The number of likely N-dealkylation sites (tertiary alicyclic amines) is 2. The Morgan fingerprint density at radius 2 is 2.05 bits per heavy atom. The Morgan fingerprint density at radius 3 is 2.68 bits per heavy atom. The Morgan fingerprint density at radius 1 is 1.32 bits per heavy atom. The fraction of sp³-hybridized carbons (Fsp3) is 0.643. The van der Waals surface area contributed by atoms with Gasteiger partial charge in [0.2, 0.25) is 0 Å². The van der Waals surface area contributed by atoms with Crippen molar-refractivity contribution in [3.05, 3.63) is 22.4 Å². The van der Waals surface area contributed by atoms with Crippen molar-refractivity contribution in [2.75, 3.05) is 20.1 Å². The summed E-state index contributed by atoms with van der Waals surface area (Å²) in [7, 11) is 2.18. The average molecular weight is 326 g/mol. The van der Waals surface area contributed by atoms with Gasteiger partial charge in [-0.15, -0.1) is 0 Å². The van der Waals surface area contributed by atoms with Crippen LogP contribution in [0.1, 0.15) is 36.2 Å². The molecule has 0 spiro atoms. The molecule has 19 heavy (non-hydrogen) atoms. The third kappa shape index (κ3) is 2.46. The van der Waals surface area contributed by atoms with Gasteiger partial charge in [0.05, 0.1) is 0 Å². The maximum atomic E-state index is 12.6. The minimum atomic E-state index is 0.147. The second kappa shape index (κ2) is 5.29. The van der Waals surface area contributed by atoms with Gasteiger partial charge < -0.3 is 14.8 Å². The summed E-state index contributed by atoms with van der Waals surface area (Å²) >= 11 is 3.39. The highest BCUT2D eigenvalue weighted by atomic mass is 79.9. The van der Waals surface area contributed by atoms with Gasteiger partial charge in [0.25, 0.3) is 5.91 Å². The minimum Gasteiger partial charge on any atom is -0.356 e. The van der Waals surface area contributed by atoms with Crippen molar-refractivity contribution in [2.45, 2.75) is 37.8 Å². The Balaban J connectivity index is 1.77. The number of hydrogen-bond acceptors (Lipinski definition) is 2. The van der Waals surface area contributed by atoms with Gasteiger partial charge in [-0.25, -0.2) is 0 Å². The van der Waals surface area contributed by atoms with E-state index in [1.165, 1.54) is 12.8 Å². The van der Waals surface area contributed by atoms with Gasteiger partial charge in [-0.3, -0.25) is 4.79 Å². The molecule has 3 rings (SSSR count). The summed E-state index contributed by atoms with van der Waals surface area (Å²) in [5.74, 6) is 0.147. The predicted molar refractivity (Wildman–Crippen MR) is 78.2 cm³/mol.